The average Bonchev–Trinajstić information content (AvgIpc) is 3.80. The van der Waals surface area contributed by atoms with Crippen LogP contribution in [-0.2, 0) is 6.42 Å². The van der Waals surface area contributed by atoms with Gasteiger partial charge in [0.15, 0.2) is 0 Å². The van der Waals surface area contributed by atoms with Crippen LogP contribution in [0, 0.1) is 0 Å². The van der Waals surface area contributed by atoms with Crippen LogP contribution in [0.15, 0.2) is 198 Å². The monoisotopic (exact) mass is 720 g/mol. The normalized spacial score (nSPS) is 12.7. The smallest absolute Gasteiger partial charge is 0.142 e. The van der Waals surface area contributed by atoms with Gasteiger partial charge in [-0.25, -0.2) is 0 Å². The SMILES string of the molecule is CC1=C(c2ccccc2)Oc2c(ccc3oc4cc(N(c5ccc(-c6ccccc6)cc5)c5ccc6c(c5)c5ccccc5n6-c5ccccc5)ccc4c23)C1. The Morgan fingerprint density at radius 2 is 1.11 bits per heavy atom. The summed E-state index contributed by atoms with van der Waals surface area (Å²) in [4.78, 5) is 2.33. The lowest BCUT2D eigenvalue weighted by molar-refractivity contribution is 0.497. The summed E-state index contributed by atoms with van der Waals surface area (Å²) in [5.74, 6) is 1.80. The molecule has 0 fully saturated rings. The number of fused-ring (bicyclic) bond motifs is 8. The Bertz CT molecular complexity index is 3120. The van der Waals surface area contributed by atoms with Gasteiger partial charge in [0.1, 0.15) is 22.7 Å². The van der Waals surface area contributed by atoms with Crippen LogP contribution in [0.1, 0.15) is 18.1 Å². The van der Waals surface area contributed by atoms with Crippen molar-refractivity contribution in [2.75, 3.05) is 4.90 Å². The first-order chi connectivity index (χ1) is 27.7. The Morgan fingerprint density at radius 3 is 1.89 bits per heavy atom. The number of para-hydroxylation sites is 2. The number of hydrogen-bond acceptors (Lipinski definition) is 3. The molecule has 0 atom stereocenters. The molecule has 4 heteroatoms. The third-order valence-corrected chi connectivity index (χ3v) is 11.2. The largest absolute Gasteiger partial charge is 0.456 e. The molecule has 4 nitrogen and oxygen atoms in total. The lowest BCUT2D eigenvalue weighted by Crippen LogP contribution is -2.10. The van der Waals surface area contributed by atoms with Gasteiger partial charge in [0.2, 0.25) is 0 Å². The molecular formula is C52H36N2O2. The van der Waals surface area contributed by atoms with Gasteiger partial charge >= 0.3 is 0 Å². The molecular weight excluding hydrogens is 685 g/mol. The van der Waals surface area contributed by atoms with Crippen molar-refractivity contribution < 1.29 is 9.15 Å². The number of benzene rings is 8. The second kappa shape index (κ2) is 12.9. The molecule has 56 heavy (non-hydrogen) atoms. The molecule has 0 unspecified atom stereocenters. The fourth-order valence-corrected chi connectivity index (χ4v) is 8.55. The Labute approximate surface area is 324 Å². The van der Waals surface area contributed by atoms with E-state index in [-0.39, 0.29) is 0 Å². The molecule has 0 N–H and O–H groups in total. The minimum absolute atomic E-state index is 0.815. The van der Waals surface area contributed by atoms with Crippen molar-refractivity contribution in [3.05, 3.63) is 205 Å². The van der Waals surface area contributed by atoms with Gasteiger partial charge in [0.25, 0.3) is 0 Å². The quantitative estimate of drug-likeness (QED) is 0.171. The van der Waals surface area contributed by atoms with Crippen LogP contribution in [0.2, 0.25) is 0 Å². The zero-order valence-corrected chi connectivity index (χ0v) is 30.8. The van der Waals surface area contributed by atoms with Crippen molar-refractivity contribution in [1.29, 1.82) is 0 Å². The van der Waals surface area contributed by atoms with E-state index in [9.17, 15) is 0 Å². The summed E-state index contributed by atoms with van der Waals surface area (Å²) in [6.07, 6.45) is 0.830. The average molecular weight is 721 g/mol. The Hall–Kier alpha value is -7.30. The predicted octanol–water partition coefficient (Wildman–Crippen LogP) is 14.2. The number of hydrogen-bond donors (Lipinski definition) is 0. The highest BCUT2D eigenvalue weighted by Gasteiger charge is 2.25. The van der Waals surface area contributed by atoms with Crippen LogP contribution in [0.4, 0.5) is 17.1 Å². The van der Waals surface area contributed by atoms with Crippen molar-refractivity contribution in [2.45, 2.75) is 13.3 Å². The molecule has 0 saturated carbocycles. The van der Waals surface area contributed by atoms with E-state index in [1.54, 1.807) is 0 Å². The Balaban J connectivity index is 1.08. The van der Waals surface area contributed by atoms with Crippen molar-refractivity contribution >= 4 is 66.6 Å². The molecule has 1 aliphatic rings. The first-order valence-corrected chi connectivity index (χ1v) is 19.1. The second-order valence-electron chi connectivity index (χ2n) is 14.6. The lowest BCUT2D eigenvalue weighted by Gasteiger charge is -2.26. The highest BCUT2D eigenvalue weighted by molar-refractivity contribution is 6.12. The number of ether oxygens (including phenoxy) is 1. The van der Waals surface area contributed by atoms with Crippen LogP contribution < -0.4 is 9.64 Å². The van der Waals surface area contributed by atoms with E-state index in [4.69, 9.17) is 9.15 Å². The van der Waals surface area contributed by atoms with Crippen LogP contribution in [0.25, 0.3) is 66.3 Å². The molecule has 0 spiro atoms. The highest BCUT2D eigenvalue weighted by Crippen LogP contribution is 2.46. The maximum Gasteiger partial charge on any atom is 0.142 e. The molecule has 0 radical (unpaired) electrons. The summed E-state index contributed by atoms with van der Waals surface area (Å²) in [6, 6.07) is 66.7. The van der Waals surface area contributed by atoms with E-state index in [1.165, 1.54) is 38.6 Å². The first-order valence-electron chi connectivity index (χ1n) is 19.1. The summed E-state index contributed by atoms with van der Waals surface area (Å²) in [7, 11) is 0. The lowest BCUT2D eigenvalue weighted by atomic mass is 9.96. The summed E-state index contributed by atoms with van der Waals surface area (Å²) in [6.45, 7) is 2.16. The fraction of sp³-hybridized carbons (Fsp3) is 0.0385. The number of aromatic nitrogens is 1. The van der Waals surface area contributed by atoms with E-state index < -0.39 is 0 Å². The van der Waals surface area contributed by atoms with Gasteiger partial charge in [-0.05, 0) is 95.9 Å². The zero-order chi connectivity index (χ0) is 37.2. The topological polar surface area (TPSA) is 30.5 Å². The zero-order valence-electron chi connectivity index (χ0n) is 30.8. The maximum absolute atomic E-state index is 6.79. The number of allylic oxidation sites excluding steroid dienone is 1. The molecule has 0 amide bonds. The van der Waals surface area contributed by atoms with Crippen LogP contribution in [-0.4, -0.2) is 4.57 Å². The molecule has 0 aliphatic carbocycles. The van der Waals surface area contributed by atoms with Gasteiger partial charge in [-0.3, -0.25) is 0 Å². The van der Waals surface area contributed by atoms with Crippen LogP contribution >= 0.6 is 0 Å². The molecule has 0 saturated heterocycles. The van der Waals surface area contributed by atoms with Crippen LogP contribution in [0.3, 0.4) is 0 Å². The minimum atomic E-state index is 0.815. The van der Waals surface area contributed by atoms with Crippen LogP contribution in [0.5, 0.6) is 5.75 Å². The highest BCUT2D eigenvalue weighted by atomic mass is 16.5. The van der Waals surface area contributed by atoms with Crippen molar-refractivity contribution in [3.63, 3.8) is 0 Å². The van der Waals surface area contributed by atoms with E-state index in [2.05, 4.69) is 198 Å². The molecule has 2 aromatic heterocycles. The number of furan rings is 1. The molecule has 0 bridgehead atoms. The third-order valence-electron chi connectivity index (χ3n) is 11.2. The van der Waals surface area contributed by atoms with Crippen molar-refractivity contribution in [1.82, 2.24) is 4.57 Å². The van der Waals surface area contributed by atoms with E-state index in [0.717, 1.165) is 73.7 Å². The van der Waals surface area contributed by atoms with Gasteiger partial charge in [-0.1, -0.05) is 115 Å². The number of nitrogens with zero attached hydrogens (tertiary/aromatic N) is 2. The van der Waals surface area contributed by atoms with Gasteiger partial charge in [-0.15, -0.1) is 0 Å². The standard InChI is InChI=1S/C52H36N2O2/c1-34-31-38-23-30-48-50(52(38)56-51(34)37-15-7-3-8-16-37)44-28-26-42(33-49(44)55-48)53(40-24-21-36(22-25-40)35-13-5-2-6-14-35)41-27-29-47-45(32-41)43-19-11-12-20-46(43)54(47)39-17-9-4-10-18-39/h2-30,32-33H,31H2,1H3. The van der Waals surface area contributed by atoms with Crippen molar-refractivity contribution in [3.8, 4) is 22.6 Å². The number of anilines is 3. The van der Waals surface area contributed by atoms with Gasteiger partial charge in [0.05, 0.1) is 16.4 Å². The van der Waals surface area contributed by atoms with E-state index in [0.29, 0.717) is 0 Å². The molecule has 3 heterocycles. The fourth-order valence-electron chi connectivity index (χ4n) is 8.55. The second-order valence-corrected chi connectivity index (χ2v) is 14.6. The summed E-state index contributed by atoms with van der Waals surface area (Å²) in [5.41, 5.74) is 14.1. The molecule has 10 aromatic rings. The molecule has 8 aromatic carbocycles. The van der Waals surface area contributed by atoms with Gasteiger partial charge < -0.3 is 18.6 Å². The maximum atomic E-state index is 6.79. The summed E-state index contributed by atoms with van der Waals surface area (Å²) >= 11 is 0. The third kappa shape index (κ3) is 5.22. The summed E-state index contributed by atoms with van der Waals surface area (Å²) < 4.78 is 15.8. The Morgan fingerprint density at radius 1 is 0.482 bits per heavy atom. The molecule has 1 aliphatic heterocycles. The molecule has 266 valence electrons. The summed E-state index contributed by atoms with van der Waals surface area (Å²) in [5, 5.41) is 4.45. The van der Waals surface area contributed by atoms with Gasteiger partial charge in [-0.2, -0.15) is 0 Å². The van der Waals surface area contributed by atoms with E-state index >= 15 is 0 Å². The molecule has 11 rings (SSSR count). The Kier molecular flexibility index (Phi) is 7.42. The minimum Gasteiger partial charge on any atom is -0.456 e. The number of rotatable bonds is 6. The first kappa shape index (κ1) is 32.2. The predicted molar refractivity (Wildman–Crippen MR) is 232 cm³/mol. The van der Waals surface area contributed by atoms with Crippen molar-refractivity contribution in [2.24, 2.45) is 0 Å². The van der Waals surface area contributed by atoms with E-state index in [1.807, 2.05) is 6.07 Å². The van der Waals surface area contributed by atoms with Gasteiger partial charge in [0, 0.05) is 57.0 Å².